The highest BCUT2D eigenvalue weighted by atomic mass is 32.2. The molecule has 7 heteroatoms. The second kappa shape index (κ2) is 6.52. The predicted octanol–water partition coefficient (Wildman–Crippen LogP) is 2.84. The number of carboxylic acids is 1. The van der Waals surface area contributed by atoms with E-state index < -0.39 is 16.0 Å². The lowest BCUT2D eigenvalue weighted by atomic mass is 10.1. The number of carbonyl (C=O) groups is 1. The summed E-state index contributed by atoms with van der Waals surface area (Å²) in [7, 11) is -1.12. The molecule has 0 saturated carbocycles. The van der Waals surface area contributed by atoms with Crippen molar-refractivity contribution in [1.29, 1.82) is 0 Å². The average Bonchev–Trinajstić information content (AvgIpc) is 2.55. The molecule has 0 bridgehead atoms. The number of ether oxygens (including phenoxy) is 1. The second-order valence-corrected chi connectivity index (χ2v) is 7.40. The molecule has 2 rings (SSSR count). The Labute approximate surface area is 141 Å². The molecule has 128 valence electrons. The van der Waals surface area contributed by atoms with E-state index in [1.165, 1.54) is 26.3 Å². The maximum Gasteiger partial charge on any atom is 0.339 e. The van der Waals surface area contributed by atoms with Gasteiger partial charge in [-0.05, 0) is 49.2 Å². The summed E-state index contributed by atoms with van der Waals surface area (Å²) in [6.07, 6.45) is 0. The van der Waals surface area contributed by atoms with Crippen LogP contribution in [0.2, 0.25) is 0 Å². The van der Waals surface area contributed by atoms with Crippen molar-refractivity contribution in [3.05, 3.63) is 53.1 Å². The van der Waals surface area contributed by atoms with Gasteiger partial charge in [-0.1, -0.05) is 12.1 Å². The minimum absolute atomic E-state index is 0.107. The van der Waals surface area contributed by atoms with Crippen LogP contribution in [0.5, 0.6) is 5.75 Å². The molecular formula is C17H19NO5S. The number of nitrogens with zero attached hydrogens (tertiary/aromatic N) is 1. The fourth-order valence-electron chi connectivity index (χ4n) is 2.36. The number of anilines is 1. The molecule has 0 aromatic heterocycles. The summed E-state index contributed by atoms with van der Waals surface area (Å²) < 4.78 is 31.8. The Kier molecular flexibility index (Phi) is 4.84. The number of aryl methyl sites for hydroxylation is 2. The fraction of sp³-hybridized carbons (Fsp3) is 0.235. The molecule has 0 saturated heterocycles. The van der Waals surface area contributed by atoms with Crippen LogP contribution in [-0.2, 0) is 10.0 Å². The summed E-state index contributed by atoms with van der Waals surface area (Å²) in [6.45, 7) is 3.69. The lowest BCUT2D eigenvalue weighted by Crippen LogP contribution is -2.27. The van der Waals surface area contributed by atoms with Crippen LogP contribution in [0, 0.1) is 13.8 Å². The maximum atomic E-state index is 12.9. The van der Waals surface area contributed by atoms with E-state index in [2.05, 4.69) is 0 Å². The van der Waals surface area contributed by atoms with Crippen LogP contribution >= 0.6 is 0 Å². The van der Waals surface area contributed by atoms with E-state index in [4.69, 9.17) is 4.74 Å². The first-order valence-corrected chi connectivity index (χ1v) is 8.60. The van der Waals surface area contributed by atoms with Crippen LogP contribution in [0.25, 0.3) is 0 Å². The normalized spacial score (nSPS) is 11.2. The minimum atomic E-state index is -3.90. The molecule has 0 aliphatic carbocycles. The van der Waals surface area contributed by atoms with Gasteiger partial charge in [-0.15, -0.1) is 0 Å². The number of methoxy groups -OCH3 is 1. The third-order valence-corrected chi connectivity index (χ3v) is 5.53. The Balaban J connectivity index is 2.56. The van der Waals surface area contributed by atoms with E-state index in [9.17, 15) is 18.3 Å². The highest BCUT2D eigenvalue weighted by Gasteiger charge is 2.25. The molecule has 24 heavy (non-hydrogen) atoms. The number of hydrogen-bond donors (Lipinski definition) is 1. The standard InChI is InChI=1S/C17H19NO5S/c1-11-5-6-12(2)15(9-11)18(3)24(21,22)13-7-8-16(23-4)14(10-13)17(19)20/h5-10H,1-4H3,(H,19,20). The third kappa shape index (κ3) is 3.21. The first-order valence-electron chi connectivity index (χ1n) is 7.16. The van der Waals surface area contributed by atoms with Gasteiger partial charge >= 0.3 is 5.97 Å². The van der Waals surface area contributed by atoms with Gasteiger partial charge in [-0.25, -0.2) is 13.2 Å². The Morgan fingerprint density at radius 3 is 2.38 bits per heavy atom. The molecule has 0 atom stereocenters. The smallest absolute Gasteiger partial charge is 0.339 e. The maximum absolute atomic E-state index is 12.9. The molecular weight excluding hydrogens is 330 g/mol. The molecule has 0 aliphatic heterocycles. The van der Waals surface area contributed by atoms with E-state index in [0.717, 1.165) is 21.5 Å². The SMILES string of the molecule is COc1ccc(S(=O)(=O)N(C)c2cc(C)ccc2C)cc1C(=O)O. The van der Waals surface area contributed by atoms with Gasteiger partial charge in [0.15, 0.2) is 0 Å². The summed E-state index contributed by atoms with van der Waals surface area (Å²) in [5.41, 5.74) is 2.08. The zero-order chi connectivity index (χ0) is 18.1. The Morgan fingerprint density at radius 2 is 1.79 bits per heavy atom. The van der Waals surface area contributed by atoms with Crippen molar-refractivity contribution in [2.75, 3.05) is 18.5 Å². The highest BCUT2D eigenvalue weighted by Crippen LogP contribution is 2.29. The topological polar surface area (TPSA) is 83.9 Å². The summed E-state index contributed by atoms with van der Waals surface area (Å²) >= 11 is 0. The Bertz CT molecular complexity index is 890. The van der Waals surface area contributed by atoms with Crippen molar-refractivity contribution in [3.63, 3.8) is 0 Å². The highest BCUT2D eigenvalue weighted by molar-refractivity contribution is 7.92. The first-order chi connectivity index (χ1) is 11.2. The Morgan fingerprint density at radius 1 is 1.12 bits per heavy atom. The average molecular weight is 349 g/mol. The van der Waals surface area contributed by atoms with Crippen molar-refractivity contribution in [1.82, 2.24) is 0 Å². The predicted molar refractivity (Wildman–Crippen MR) is 91.5 cm³/mol. The van der Waals surface area contributed by atoms with Gasteiger partial charge in [0.1, 0.15) is 11.3 Å². The van der Waals surface area contributed by atoms with Crippen molar-refractivity contribution < 1.29 is 23.1 Å². The summed E-state index contributed by atoms with van der Waals surface area (Å²) in [5, 5.41) is 9.23. The van der Waals surface area contributed by atoms with E-state index in [1.54, 1.807) is 6.07 Å². The van der Waals surface area contributed by atoms with Crippen molar-refractivity contribution >= 4 is 21.7 Å². The van der Waals surface area contributed by atoms with Crippen LogP contribution in [0.3, 0.4) is 0 Å². The molecule has 6 nitrogen and oxygen atoms in total. The van der Waals surface area contributed by atoms with E-state index >= 15 is 0 Å². The summed E-state index contributed by atoms with van der Waals surface area (Å²) in [5.74, 6) is -1.14. The van der Waals surface area contributed by atoms with Crippen LogP contribution in [-0.4, -0.2) is 33.7 Å². The van der Waals surface area contributed by atoms with Crippen molar-refractivity contribution in [2.45, 2.75) is 18.7 Å². The minimum Gasteiger partial charge on any atom is -0.496 e. The quantitative estimate of drug-likeness (QED) is 0.897. The number of aromatic carboxylic acids is 1. The molecule has 1 N–H and O–H groups in total. The van der Waals surface area contributed by atoms with Crippen molar-refractivity contribution in [3.8, 4) is 5.75 Å². The van der Waals surface area contributed by atoms with Crippen LogP contribution < -0.4 is 9.04 Å². The summed E-state index contributed by atoms with van der Waals surface area (Å²) in [6, 6.07) is 9.30. The number of sulfonamides is 1. The zero-order valence-corrected chi connectivity index (χ0v) is 14.7. The zero-order valence-electron chi connectivity index (χ0n) is 13.9. The van der Waals surface area contributed by atoms with Gasteiger partial charge in [0.2, 0.25) is 0 Å². The van der Waals surface area contributed by atoms with E-state index in [1.807, 2.05) is 26.0 Å². The van der Waals surface area contributed by atoms with Gasteiger partial charge in [0.05, 0.1) is 17.7 Å². The molecule has 0 aliphatic rings. The number of carboxylic acid groups (broad SMARTS) is 1. The van der Waals surface area contributed by atoms with Crippen molar-refractivity contribution in [2.24, 2.45) is 0 Å². The van der Waals surface area contributed by atoms with E-state index in [-0.39, 0.29) is 16.2 Å². The van der Waals surface area contributed by atoms with E-state index in [0.29, 0.717) is 5.69 Å². The van der Waals surface area contributed by atoms with Gasteiger partial charge in [-0.3, -0.25) is 4.31 Å². The Hall–Kier alpha value is -2.54. The molecule has 0 fully saturated rings. The van der Waals surface area contributed by atoms with Gasteiger partial charge < -0.3 is 9.84 Å². The van der Waals surface area contributed by atoms with Gasteiger partial charge in [0.25, 0.3) is 10.0 Å². The molecule has 2 aromatic rings. The number of rotatable bonds is 5. The van der Waals surface area contributed by atoms with Gasteiger partial charge in [-0.2, -0.15) is 0 Å². The first kappa shape index (κ1) is 17.8. The number of benzene rings is 2. The molecule has 0 heterocycles. The third-order valence-electron chi connectivity index (χ3n) is 3.76. The largest absolute Gasteiger partial charge is 0.496 e. The number of hydrogen-bond acceptors (Lipinski definition) is 4. The summed E-state index contributed by atoms with van der Waals surface area (Å²) in [4.78, 5) is 11.2. The van der Waals surface area contributed by atoms with Crippen LogP contribution in [0.1, 0.15) is 21.5 Å². The fourth-order valence-corrected chi connectivity index (χ4v) is 3.64. The monoisotopic (exact) mass is 349 g/mol. The molecule has 0 amide bonds. The molecule has 0 unspecified atom stereocenters. The van der Waals surface area contributed by atoms with Gasteiger partial charge in [0, 0.05) is 7.05 Å². The molecule has 0 spiro atoms. The van der Waals surface area contributed by atoms with Crippen LogP contribution in [0.4, 0.5) is 5.69 Å². The van der Waals surface area contributed by atoms with Crippen LogP contribution in [0.15, 0.2) is 41.3 Å². The molecule has 2 aromatic carbocycles. The lowest BCUT2D eigenvalue weighted by molar-refractivity contribution is 0.0693. The lowest BCUT2D eigenvalue weighted by Gasteiger charge is -2.22. The second-order valence-electron chi connectivity index (χ2n) is 5.43. The molecule has 0 radical (unpaired) electrons.